The van der Waals surface area contributed by atoms with Gasteiger partial charge in [0.25, 0.3) is 0 Å². The van der Waals surface area contributed by atoms with E-state index in [1.165, 1.54) is 5.56 Å². The number of piperidine rings is 1. The second-order valence-corrected chi connectivity index (χ2v) is 8.06. The summed E-state index contributed by atoms with van der Waals surface area (Å²) in [6.45, 7) is 8.91. The molecule has 2 atom stereocenters. The number of carboxylic acid groups (broad SMARTS) is 1. The number of anilines is 1. The summed E-state index contributed by atoms with van der Waals surface area (Å²) >= 11 is 0. The number of hydrogen-bond donors (Lipinski definition) is 2. The Bertz CT molecular complexity index is 857. The topological polar surface area (TPSA) is 87.5 Å². The Labute approximate surface area is 165 Å². The number of amides is 2. The van der Waals surface area contributed by atoms with Gasteiger partial charge in [-0.1, -0.05) is 38.5 Å². The quantitative estimate of drug-likeness (QED) is 0.837. The fraction of sp³-hybridized carbons (Fsp3) is 0.476. The van der Waals surface area contributed by atoms with Crippen LogP contribution in [0.1, 0.15) is 44.4 Å². The highest BCUT2D eigenvalue weighted by molar-refractivity contribution is 5.90. The van der Waals surface area contributed by atoms with Crippen LogP contribution in [-0.2, 0) is 4.79 Å². The van der Waals surface area contributed by atoms with E-state index in [9.17, 15) is 14.7 Å². The van der Waals surface area contributed by atoms with Crippen molar-refractivity contribution in [2.24, 2.45) is 11.8 Å². The first-order valence-electron chi connectivity index (χ1n) is 9.70. The number of likely N-dealkylation sites (tertiary alicyclic amines) is 1. The summed E-state index contributed by atoms with van der Waals surface area (Å²) in [4.78, 5) is 25.8. The number of hydrogen-bond acceptors (Lipinski definition) is 3. The number of benzene rings is 1. The molecule has 0 saturated carbocycles. The van der Waals surface area contributed by atoms with Crippen LogP contribution in [0.5, 0.6) is 0 Å². The molecule has 2 unspecified atom stereocenters. The SMILES string of the molecule is Cc1ccc(-n2ncc(NC(=O)N3CC(C)CC(C(=O)O)C3)c2C(C)C)cc1. The van der Waals surface area contributed by atoms with Crippen LogP contribution in [0.15, 0.2) is 30.5 Å². The molecular formula is C21H28N4O3. The lowest BCUT2D eigenvalue weighted by molar-refractivity contribution is -0.143. The fourth-order valence-electron chi connectivity index (χ4n) is 3.79. The van der Waals surface area contributed by atoms with Crippen LogP contribution >= 0.6 is 0 Å². The molecular weight excluding hydrogens is 356 g/mol. The smallest absolute Gasteiger partial charge is 0.321 e. The normalized spacial score (nSPS) is 19.7. The van der Waals surface area contributed by atoms with E-state index in [0.29, 0.717) is 18.7 Å². The molecule has 1 fully saturated rings. The van der Waals surface area contributed by atoms with Crippen molar-refractivity contribution in [1.82, 2.24) is 14.7 Å². The third kappa shape index (κ3) is 4.18. The van der Waals surface area contributed by atoms with Gasteiger partial charge in [0.15, 0.2) is 0 Å². The molecule has 2 N–H and O–H groups in total. The average molecular weight is 384 g/mol. The number of nitrogens with one attached hydrogen (secondary N) is 1. The summed E-state index contributed by atoms with van der Waals surface area (Å²) < 4.78 is 1.85. The van der Waals surface area contributed by atoms with Gasteiger partial charge in [0, 0.05) is 13.1 Å². The van der Waals surface area contributed by atoms with Crippen LogP contribution in [0, 0.1) is 18.8 Å². The van der Waals surface area contributed by atoms with E-state index in [0.717, 1.165) is 11.4 Å². The number of carbonyl (C=O) groups excluding carboxylic acids is 1. The molecule has 2 amide bonds. The van der Waals surface area contributed by atoms with Gasteiger partial charge in [-0.15, -0.1) is 0 Å². The number of aromatic nitrogens is 2. The van der Waals surface area contributed by atoms with Crippen molar-refractivity contribution in [3.05, 3.63) is 41.7 Å². The molecule has 2 aromatic rings. The Morgan fingerprint density at radius 1 is 1.21 bits per heavy atom. The average Bonchev–Trinajstić information content (AvgIpc) is 3.05. The third-order valence-corrected chi connectivity index (χ3v) is 5.17. The van der Waals surface area contributed by atoms with Crippen molar-refractivity contribution >= 4 is 17.7 Å². The minimum absolute atomic E-state index is 0.145. The number of aryl methyl sites for hydroxylation is 1. The summed E-state index contributed by atoms with van der Waals surface area (Å²) in [6.07, 6.45) is 2.26. The molecule has 2 heterocycles. The highest BCUT2D eigenvalue weighted by Crippen LogP contribution is 2.28. The van der Waals surface area contributed by atoms with Crippen molar-refractivity contribution < 1.29 is 14.7 Å². The molecule has 28 heavy (non-hydrogen) atoms. The first-order valence-corrected chi connectivity index (χ1v) is 9.70. The molecule has 150 valence electrons. The zero-order chi connectivity index (χ0) is 20.4. The maximum Gasteiger partial charge on any atom is 0.321 e. The summed E-state index contributed by atoms with van der Waals surface area (Å²) in [5.74, 6) is -1.07. The van der Waals surface area contributed by atoms with Gasteiger partial charge < -0.3 is 15.3 Å². The molecule has 1 aromatic carbocycles. The number of rotatable bonds is 4. The van der Waals surface area contributed by atoms with Crippen molar-refractivity contribution in [3.63, 3.8) is 0 Å². The molecule has 1 aliphatic heterocycles. The Balaban J connectivity index is 1.83. The zero-order valence-electron chi connectivity index (χ0n) is 16.8. The summed E-state index contributed by atoms with van der Waals surface area (Å²) in [5, 5.41) is 16.8. The molecule has 0 aliphatic carbocycles. The van der Waals surface area contributed by atoms with Gasteiger partial charge in [0.05, 0.1) is 29.2 Å². The van der Waals surface area contributed by atoms with E-state index in [2.05, 4.69) is 24.3 Å². The van der Waals surface area contributed by atoms with E-state index in [1.54, 1.807) is 11.1 Å². The molecule has 1 saturated heterocycles. The fourth-order valence-corrected chi connectivity index (χ4v) is 3.79. The largest absolute Gasteiger partial charge is 0.481 e. The molecule has 7 nitrogen and oxygen atoms in total. The summed E-state index contributed by atoms with van der Waals surface area (Å²) in [5.41, 5.74) is 3.68. The molecule has 0 bridgehead atoms. The Morgan fingerprint density at radius 2 is 1.89 bits per heavy atom. The van der Waals surface area contributed by atoms with Crippen LogP contribution in [0.25, 0.3) is 5.69 Å². The van der Waals surface area contributed by atoms with E-state index in [4.69, 9.17) is 0 Å². The second-order valence-electron chi connectivity index (χ2n) is 8.06. The minimum atomic E-state index is -0.848. The van der Waals surface area contributed by atoms with Crippen LogP contribution in [0.4, 0.5) is 10.5 Å². The van der Waals surface area contributed by atoms with Crippen molar-refractivity contribution in [3.8, 4) is 5.69 Å². The van der Waals surface area contributed by atoms with Gasteiger partial charge in [0.1, 0.15) is 0 Å². The van der Waals surface area contributed by atoms with Crippen molar-refractivity contribution in [2.75, 3.05) is 18.4 Å². The van der Waals surface area contributed by atoms with Gasteiger partial charge in [-0.25, -0.2) is 9.48 Å². The van der Waals surface area contributed by atoms with E-state index >= 15 is 0 Å². The van der Waals surface area contributed by atoms with Gasteiger partial charge in [-0.05, 0) is 37.3 Å². The first kappa shape index (κ1) is 19.9. The predicted molar refractivity (Wildman–Crippen MR) is 108 cm³/mol. The monoisotopic (exact) mass is 384 g/mol. The number of urea groups is 1. The number of aliphatic carboxylic acids is 1. The van der Waals surface area contributed by atoms with Crippen molar-refractivity contribution in [2.45, 2.75) is 40.0 Å². The summed E-state index contributed by atoms with van der Waals surface area (Å²) in [6, 6.07) is 7.79. The summed E-state index contributed by atoms with van der Waals surface area (Å²) in [7, 11) is 0. The highest BCUT2D eigenvalue weighted by atomic mass is 16.4. The van der Waals surface area contributed by atoms with Gasteiger partial charge in [0.2, 0.25) is 0 Å². The highest BCUT2D eigenvalue weighted by Gasteiger charge is 2.32. The Morgan fingerprint density at radius 3 is 2.50 bits per heavy atom. The maximum absolute atomic E-state index is 12.8. The van der Waals surface area contributed by atoms with Crippen molar-refractivity contribution in [1.29, 1.82) is 0 Å². The Kier molecular flexibility index (Phi) is 5.72. The predicted octanol–water partition coefficient (Wildman–Crippen LogP) is 3.88. The van der Waals surface area contributed by atoms with Crippen LogP contribution in [0.3, 0.4) is 0 Å². The lowest BCUT2D eigenvalue weighted by Crippen LogP contribution is -2.47. The number of carboxylic acids is 1. The van der Waals surface area contributed by atoms with E-state index in [1.807, 2.05) is 42.8 Å². The second kappa shape index (κ2) is 8.04. The van der Waals surface area contributed by atoms with Gasteiger partial charge in [-0.2, -0.15) is 5.10 Å². The zero-order valence-corrected chi connectivity index (χ0v) is 16.8. The van der Waals surface area contributed by atoms with Crippen LogP contribution in [-0.4, -0.2) is 44.9 Å². The van der Waals surface area contributed by atoms with Gasteiger partial charge in [-0.3, -0.25) is 4.79 Å². The number of nitrogens with zero attached hydrogens (tertiary/aromatic N) is 3. The minimum Gasteiger partial charge on any atom is -0.481 e. The molecule has 1 aromatic heterocycles. The van der Waals surface area contributed by atoms with E-state index in [-0.39, 0.29) is 24.4 Å². The molecule has 0 radical (unpaired) electrons. The Hall–Kier alpha value is -2.83. The van der Waals surface area contributed by atoms with Crippen LogP contribution < -0.4 is 5.32 Å². The number of carbonyl (C=O) groups is 2. The molecule has 1 aliphatic rings. The van der Waals surface area contributed by atoms with E-state index < -0.39 is 11.9 Å². The van der Waals surface area contributed by atoms with Crippen LogP contribution in [0.2, 0.25) is 0 Å². The first-order chi connectivity index (χ1) is 13.3. The maximum atomic E-state index is 12.8. The molecule has 7 heteroatoms. The standard InChI is InChI=1S/C21H28N4O3/c1-13(2)19-18(10-22-25(19)17-7-5-14(3)6-8-17)23-21(28)24-11-15(4)9-16(12-24)20(26)27/h5-8,10,13,15-16H,9,11-12H2,1-4H3,(H,23,28)(H,26,27). The molecule has 3 rings (SSSR count). The molecule has 0 spiro atoms. The third-order valence-electron chi connectivity index (χ3n) is 5.17. The lowest BCUT2D eigenvalue weighted by Gasteiger charge is -2.34. The van der Waals surface area contributed by atoms with Gasteiger partial charge >= 0.3 is 12.0 Å². The lowest BCUT2D eigenvalue weighted by atomic mass is 9.91.